The van der Waals surface area contributed by atoms with Crippen molar-refractivity contribution in [2.75, 3.05) is 6.61 Å². The fourth-order valence-electron chi connectivity index (χ4n) is 2.52. The molecule has 0 spiro atoms. The Balaban J connectivity index is 2.10. The van der Waals surface area contributed by atoms with Gasteiger partial charge in [-0.3, -0.25) is 0 Å². The minimum atomic E-state index is -0.305. The van der Waals surface area contributed by atoms with Gasteiger partial charge in [0.15, 0.2) is 0 Å². The second-order valence-corrected chi connectivity index (χ2v) is 8.71. The maximum atomic E-state index is 12.5. The summed E-state index contributed by atoms with van der Waals surface area (Å²) in [7, 11) is 0. The number of benzene rings is 2. The quantitative estimate of drug-likeness (QED) is 0.556. The Morgan fingerprint density at radius 1 is 1.04 bits per heavy atom. The Morgan fingerprint density at radius 3 is 2.21 bits per heavy atom. The molecule has 2 aromatic carbocycles. The van der Waals surface area contributed by atoms with Gasteiger partial charge in [0, 0.05) is 0 Å². The molecule has 2 rings (SSSR count). The monoisotopic (exact) mass is 391 g/mol. The third-order valence-corrected chi connectivity index (χ3v) is 6.30. The summed E-state index contributed by atoms with van der Waals surface area (Å²) >= 11 is 0.197. The number of hydrogen-bond donors (Lipinski definition) is 1. The Kier molecular flexibility index (Phi) is 7.51. The van der Waals surface area contributed by atoms with Crippen LogP contribution in [0.5, 0.6) is 0 Å². The van der Waals surface area contributed by atoms with Crippen LogP contribution in [0.3, 0.4) is 0 Å². The molecule has 0 aromatic heterocycles. The van der Waals surface area contributed by atoms with Crippen LogP contribution in [0.2, 0.25) is 4.82 Å². The van der Waals surface area contributed by atoms with E-state index in [9.17, 15) is 4.79 Å². The molecule has 0 aliphatic heterocycles. The van der Waals surface area contributed by atoms with Gasteiger partial charge in [0.1, 0.15) is 0 Å². The van der Waals surface area contributed by atoms with Crippen molar-refractivity contribution in [1.29, 1.82) is 0 Å². The molecule has 0 unspecified atom stereocenters. The van der Waals surface area contributed by atoms with Gasteiger partial charge < -0.3 is 0 Å². The van der Waals surface area contributed by atoms with Gasteiger partial charge in [0.05, 0.1) is 0 Å². The fourth-order valence-corrected chi connectivity index (χ4v) is 4.76. The van der Waals surface area contributed by atoms with Crippen LogP contribution in [0.4, 0.5) is 0 Å². The van der Waals surface area contributed by atoms with Gasteiger partial charge in [-0.1, -0.05) is 0 Å². The first-order chi connectivity index (χ1) is 11.6. The van der Waals surface area contributed by atoms with Crippen LogP contribution >= 0.6 is 0 Å². The first-order valence-corrected chi connectivity index (χ1v) is 10.2. The van der Waals surface area contributed by atoms with Crippen LogP contribution in [-0.4, -0.2) is 33.6 Å². The molecule has 128 valence electrons. The average molecular weight is 390 g/mol. The van der Waals surface area contributed by atoms with Crippen molar-refractivity contribution in [3.8, 4) is 0 Å². The van der Waals surface area contributed by atoms with Crippen molar-refractivity contribution in [2.24, 2.45) is 0 Å². The van der Waals surface area contributed by atoms with Gasteiger partial charge in [-0.15, -0.1) is 0 Å². The molecular weight excluding hydrogens is 365 g/mol. The van der Waals surface area contributed by atoms with E-state index in [2.05, 4.69) is 43.4 Å². The number of nitrogens with one attached hydrogen (secondary N) is 1. The number of esters is 1. The molecule has 0 saturated heterocycles. The molecule has 0 saturated carbocycles. The molecule has 4 heteroatoms. The molecular formula is C20H25NO2Se. The first kappa shape index (κ1) is 18.7. The second kappa shape index (κ2) is 9.63. The summed E-state index contributed by atoms with van der Waals surface area (Å²) in [5.41, 5.74) is 1.17. The Hall–Kier alpha value is -1.61. The number of ether oxygens (including phenoxy) is 1. The Labute approximate surface area is 151 Å². The van der Waals surface area contributed by atoms with Gasteiger partial charge in [-0.25, -0.2) is 0 Å². The van der Waals surface area contributed by atoms with Gasteiger partial charge >= 0.3 is 151 Å². The third kappa shape index (κ3) is 5.48. The van der Waals surface area contributed by atoms with Crippen LogP contribution in [0.15, 0.2) is 60.7 Å². The van der Waals surface area contributed by atoms with E-state index in [0.717, 1.165) is 0 Å². The molecule has 2 aromatic rings. The van der Waals surface area contributed by atoms with Crippen molar-refractivity contribution < 1.29 is 9.53 Å². The summed E-state index contributed by atoms with van der Waals surface area (Å²) in [5.74, 6) is -0.161. The van der Waals surface area contributed by atoms with E-state index in [1.165, 1.54) is 10.0 Å². The zero-order valence-corrected chi connectivity index (χ0v) is 16.2. The molecule has 0 aliphatic rings. The van der Waals surface area contributed by atoms with Crippen LogP contribution in [0, 0.1) is 0 Å². The SMILES string of the molecule is CCOC(=O)[C@H](N[C@H](C)c1ccccc1)[C@H](C)[Se]c1ccccc1. The molecule has 3 atom stereocenters. The van der Waals surface area contributed by atoms with Gasteiger partial charge in [-0.05, 0) is 0 Å². The molecule has 0 amide bonds. The van der Waals surface area contributed by atoms with Crippen molar-refractivity contribution in [2.45, 2.75) is 37.7 Å². The van der Waals surface area contributed by atoms with Gasteiger partial charge in [0.25, 0.3) is 0 Å². The Bertz CT molecular complexity index is 618. The molecule has 24 heavy (non-hydrogen) atoms. The zero-order valence-electron chi connectivity index (χ0n) is 14.4. The number of carbonyl (C=O) groups is 1. The second-order valence-electron chi connectivity index (χ2n) is 5.66. The fraction of sp³-hybridized carbons (Fsp3) is 0.350. The predicted octanol–water partition coefficient (Wildman–Crippen LogP) is 3.11. The summed E-state index contributed by atoms with van der Waals surface area (Å²) in [4.78, 5) is 12.7. The average Bonchev–Trinajstić information content (AvgIpc) is 2.61. The van der Waals surface area contributed by atoms with E-state index >= 15 is 0 Å². The van der Waals surface area contributed by atoms with Crippen molar-refractivity contribution >= 4 is 25.4 Å². The number of hydrogen-bond acceptors (Lipinski definition) is 3. The summed E-state index contributed by atoms with van der Waals surface area (Å²) in [6.45, 7) is 6.47. The van der Waals surface area contributed by atoms with E-state index in [1.54, 1.807) is 0 Å². The minimum absolute atomic E-state index is 0.0922. The van der Waals surface area contributed by atoms with Crippen LogP contribution < -0.4 is 9.78 Å². The van der Waals surface area contributed by atoms with Crippen molar-refractivity contribution in [3.05, 3.63) is 66.2 Å². The third-order valence-electron chi connectivity index (χ3n) is 3.80. The number of carbonyl (C=O) groups excluding carboxylic acids is 1. The predicted molar refractivity (Wildman–Crippen MR) is 99.7 cm³/mol. The summed E-state index contributed by atoms with van der Waals surface area (Å²) in [6.07, 6.45) is 0. The molecule has 1 N–H and O–H groups in total. The molecule has 3 nitrogen and oxygen atoms in total. The maximum absolute atomic E-state index is 12.5. The van der Waals surface area contributed by atoms with Crippen LogP contribution in [-0.2, 0) is 9.53 Å². The number of rotatable bonds is 8. The van der Waals surface area contributed by atoms with E-state index in [4.69, 9.17) is 4.74 Å². The van der Waals surface area contributed by atoms with Crippen LogP contribution in [0.25, 0.3) is 0 Å². The van der Waals surface area contributed by atoms with Crippen LogP contribution in [0.1, 0.15) is 32.4 Å². The van der Waals surface area contributed by atoms with Crippen molar-refractivity contribution in [3.63, 3.8) is 0 Å². The van der Waals surface area contributed by atoms with E-state index in [1.807, 2.05) is 43.3 Å². The van der Waals surface area contributed by atoms with E-state index in [0.29, 0.717) is 6.61 Å². The molecule has 0 heterocycles. The van der Waals surface area contributed by atoms with Gasteiger partial charge in [-0.2, -0.15) is 0 Å². The van der Waals surface area contributed by atoms with Crippen molar-refractivity contribution in [1.82, 2.24) is 5.32 Å². The van der Waals surface area contributed by atoms with E-state index < -0.39 is 0 Å². The zero-order chi connectivity index (χ0) is 17.4. The van der Waals surface area contributed by atoms with Gasteiger partial charge in [0.2, 0.25) is 0 Å². The summed E-state index contributed by atoms with van der Waals surface area (Å²) in [5, 5.41) is 3.48. The molecule has 0 bridgehead atoms. The molecule has 0 aliphatic carbocycles. The first-order valence-electron chi connectivity index (χ1n) is 8.31. The standard InChI is InChI=1S/C20H25NO2Se/c1-4-23-20(22)19(16(3)24-18-13-9-6-10-14-18)21-15(2)17-11-7-5-8-12-17/h5-16,19,21H,4H2,1-3H3/t15-,16+,19-/m1/s1. The topological polar surface area (TPSA) is 38.3 Å². The summed E-state index contributed by atoms with van der Waals surface area (Å²) in [6, 6.07) is 20.3. The molecule has 0 radical (unpaired) electrons. The Morgan fingerprint density at radius 2 is 1.62 bits per heavy atom. The molecule has 0 fully saturated rings. The summed E-state index contributed by atoms with van der Waals surface area (Å²) < 4.78 is 6.60. The van der Waals surface area contributed by atoms with E-state index in [-0.39, 0.29) is 37.8 Å². The normalized spacial score (nSPS) is 14.6.